The first-order chi connectivity index (χ1) is 17.6. The van der Waals surface area contributed by atoms with Gasteiger partial charge in [-0.15, -0.1) is 0 Å². The molecule has 8 nitrogen and oxygen atoms in total. The van der Waals surface area contributed by atoms with Gasteiger partial charge >= 0.3 is 0 Å². The minimum Gasteiger partial charge on any atom is -0.497 e. The SMILES string of the molecule is COc1ccc2oc(-c3ccc(NC(=O)c4ccc5c(c4)C(=O)N(C(C)(C)C)C5=O)cc3)cc(=O)c2c1. The van der Waals surface area contributed by atoms with E-state index in [0.29, 0.717) is 33.7 Å². The van der Waals surface area contributed by atoms with Gasteiger partial charge in [-0.1, -0.05) is 0 Å². The fourth-order valence-corrected chi connectivity index (χ4v) is 4.32. The minimum atomic E-state index is -0.672. The van der Waals surface area contributed by atoms with Crippen LogP contribution in [0.5, 0.6) is 5.75 Å². The Morgan fingerprint density at radius 3 is 2.24 bits per heavy atom. The summed E-state index contributed by atoms with van der Waals surface area (Å²) in [6, 6.07) is 17.8. The van der Waals surface area contributed by atoms with Crippen LogP contribution in [0, 0.1) is 0 Å². The number of nitrogens with one attached hydrogen (secondary N) is 1. The number of nitrogens with zero attached hydrogens (tertiary/aromatic N) is 1. The lowest BCUT2D eigenvalue weighted by atomic mass is 10.0. The molecule has 4 aromatic rings. The predicted octanol–water partition coefficient (Wildman–Crippen LogP) is 5.12. The van der Waals surface area contributed by atoms with E-state index in [-0.39, 0.29) is 28.0 Å². The van der Waals surface area contributed by atoms with Crippen molar-refractivity contribution in [3.05, 3.63) is 93.6 Å². The lowest BCUT2D eigenvalue weighted by Gasteiger charge is -2.29. The Morgan fingerprint density at radius 1 is 0.865 bits per heavy atom. The number of hydrogen-bond acceptors (Lipinski definition) is 6. The summed E-state index contributed by atoms with van der Waals surface area (Å²) >= 11 is 0. The van der Waals surface area contributed by atoms with Crippen LogP contribution in [0.2, 0.25) is 0 Å². The molecule has 0 atom stereocenters. The first-order valence-electron chi connectivity index (χ1n) is 11.6. The number of imide groups is 1. The van der Waals surface area contributed by atoms with Crippen LogP contribution in [0.4, 0.5) is 5.69 Å². The van der Waals surface area contributed by atoms with Gasteiger partial charge in [0.25, 0.3) is 17.7 Å². The zero-order valence-corrected chi connectivity index (χ0v) is 20.7. The van der Waals surface area contributed by atoms with Crippen molar-refractivity contribution in [1.82, 2.24) is 4.90 Å². The zero-order chi connectivity index (χ0) is 26.5. The molecule has 3 aromatic carbocycles. The number of methoxy groups -OCH3 is 1. The van der Waals surface area contributed by atoms with Crippen LogP contribution in [-0.4, -0.2) is 35.3 Å². The molecule has 0 unspecified atom stereocenters. The minimum absolute atomic E-state index is 0.192. The second kappa shape index (κ2) is 8.74. The molecule has 1 aromatic heterocycles. The van der Waals surface area contributed by atoms with Crippen LogP contribution < -0.4 is 15.5 Å². The van der Waals surface area contributed by atoms with Gasteiger partial charge in [0.15, 0.2) is 5.43 Å². The molecule has 0 bridgehead atoms. The Morgan fingerprint density at radius 2 is 1.57 bits per heavy atom. The van der Waals surface area contributed by atoms with E-state index in [1.165, 1.54) is 36.3 Å². The molecule has 2 heterocycles. The number of amides is 3. The zero-order valence-electron chi connectivity index (χ0n) is 20.7. The Kier molecular flexibility index (Phi) is 5.67. The highest BCUT2D eigenvalue weighted by molar-refractivity contribution is 6.22. The van der Waals surface area contributed by atoms with Gasteiger partial charge in [-0.2, -0.15) is 0 Å². The smallest absolute Gasteiger partial charge is 0.262 e. The monoisotopic (exact) mass is 496 g/mol. The highest BCUT2D eigenvalue weighted by Gasteiger charge is 2.42. The summed E-state index contributed by atoms with van der Waals surface area (Å²) in [5.74, 6) is -0.239. The number of benzene rings is 3. The van der Waals surface area contributed by atoms with E-state index in [1.54, 1.807) is 63.2 Å². The highest BCUT2D eigenvalue weighted by Crippen LogP contribution is 2.30. The maximum atomic E-state index is 12.9. The molecular formula is C29H24N2O6. The second-order valence-corrected chi connectivity index (χ2v) is 9.75. The number of rotatable bonds is 4. The normalized spacial score (nSPS) is 13.1. The van der Waals surface area contributed by atoms with Gasteiger partial charge in [0, 0.05) is 28.4 Å². The third kappa shape index (κ3) is 4.27. The van der Waals surface area contributed by atoms with E-state index >= 15 is 0 Å². The molecule has 1 N–H and O–H groups in total. The fraction of sp³-hybridized carbons (Fsp3) is 0.172. The summed E-state index contributed by atoms with van der Waals surface area (Å²) in [6.45, 7) is 5.35. The van der Waals surface area contributed by atoms with E-state index in [1.807, 2.05) is 0 Å². The number of carbonyl (C=O) groups excluding carboxylic acids is 3. The molecule has 8 heteroatoms. The van der Waals surface area contributed by atoms with Crippen molar-refractivity contribution in [3.63, 3.8) is 0 Å². The van der Waals surface area contributed by atoms with E-state index in [0.717, 1.165) is 0 Å². The summed E-state index contributed by atoms with van der Waals surface area (Å²) < 4.78 is 11.1. The first kappa shape index (κ1) is 24.0. The summed E-state index contributed by atoms with van der Waals surface area (Å²) in [6.07, 6.45) is 0. The van der Waals surface area contributed by atoms with Gasteiger partial charge in [-0.25, -0.2) is 0 Å². The quantitative estimate of drug-likeness (QED) is 0.393. The largest absolute Gasteiger partial charge is 0.497 e. The number of hydrogen-bond donors (Lipinski definition) is 1. The molecule has 1 aliphatic rings. The van der Waals surface area contributed by atoms with Crippen molar-refractivity contribution in [2.45, 2.75) is 26.3 Å². The highest BCUT2D eigenvalue weighted by atomic mass is 16.5. The Bertz CT molecular complexity index is 1640. The Labute approximate surface area is 212 Å². The molecule has 0 spiro atoms. The van der Waals surface area contributed by atoms with Crippen LogP contribution in [0.15, 0.2) is 75.9 Å². The standard InChI is InChI=1S/C29H24N2O6/c1-29(2,3)31-27(34)20-11-7-17(13-21(20)28(31)35)26(33)30-18-8-5-16(6-9-18)25-15-23(32)22-14-19(36-4)10-12-24(22)37-25/h5-15H,1-4H3,(H,30,33). The molecule has 5 rings (SSSR count). The second-order valence-electron chi connectivity index (χ2n) is 9.75. The van der Waals surface area contributed by atoms with Crippen LogP contribution in [0.1, 0.15) is 51.8 Å². The van der Waals surface area contributed by atoms with Crippen molar-refractivity contribution in [2.24, 2.45) is 0 Å². The van der Waals surface area contributed by atoms with Gasteiger partial charge in [-0.05, 0) is 81.4 Å². The maximum absolute atomic E-state index is 12.9. The molecule has 0 aliphatic carbocycles. The average Bonchev–Trinajstić information content (AvgIpc) is 3.13. The molecule has 0 radical (unpaired) electrons. The number of fused-ring (bicyclic) bond motifs is 2. The summed E-state index contributed by atoms with van der Waals surface area (Å²) in [4.78, 5) is 52.2. The summed E-state index contributed by atoms with van der Waals surface area (Å²) in [5.41, 5.74) is 1.52. The third-order valence-corrected chi connectivity index (χ3v) is 6.18. The molecule has 3 amide bonds. The predicted molar refractivity (Wildman–Crippen MR) is 139 cm³/mol. The lowest BCUT2D eigenvalue weighted by molar-refractivity contribution is 0.0507. The first-order valence-corrected chi connectivity index (χ1v) is 11.6. The maximum Gasteiger partial charge on any atom is 0.262 e. The number of anilines is 1. The van der Waals surface area contributed by atoms with Crippen molar-refractivity contribution >= 4 is 34.4 Å². The molecule has 186 valence electrons. The van der Waals surface area contributed by atoms with Crippen molar-refractivity contribution in [1.29, 1.82) is 0 Å². The van der Waals surface area contributed by atoms with Gasteiger partial charge in [0.05, 0.1) is 23.6 Å². The van der Waals surface area contributed by atoms with Gasteiger partial charge in [-0.3, -0.25) is 24.1 Å². The van der Waals surface area contributed by atoms with Crippen LogP contribution >= 0.6 is 0 Å². The molecule has 1 aliphatic heterocycles. The van der Waals surface area contributed by atoms with Crippen molar-refractivity contribution < 1.29 is 23.5 Å². The van der Waals surface area contributed by atoms with E-state index in [4.69, 9.17) is 9.15 Å². The molecule has 0 saturated heterocycles. The topological polar surface area (TPSA) is 106 Å². The Hall–Kier alpha value is -4.72. The lowest BCUT2D eigenvalue weighted by Crippen LogP contribution is -2.45. The molecule has 37 heavy (non-hydrogen) atoms. The van der Waals surface area contributed by atoms with E-state index < -0.39 is 17.4 Å². The summed E-state index contributed by atoms with van der Waals surface area (Å²) in [7, 11) is 1.53. The average molecular weight is 497 g/mol. The van der Waals surface area contributed by atoms with Crippen LogP contribution in [0.25, 0.3) is 22.3 Å². The van der Waals surface area contributed by atoms with E-state index in [9.17, 15) is 19.2 Å². The van der Waals surface area contributed by atoms with Crippen LogP contribution in [0.3, 0.4) is 0 Å². The van der Waals surface area contributed by atoms with Gasteiger partial charge < -0.3 is 14.5 Å². The molecule has 0 fully saturated rings. The number of ether oxygens (including phenoxy) is 1. The Balaban J connectivity index is 1.36. The van der Waals surface area contributed by atoms with Crippen LogP contribution in [-0.2, 0) is 0 Å². The van der Waals surface area contributed by atoms with Crippen molar-refractivity contribution in [3.8, 4) is 17.1 Å². The van der Waals surface area contributed by atoms with Gasteiger partial charge in [0.1, 0.15) is 17.1 Å². The van der Waals surface area contributed by atoms with E-state index in [2.05, 4.69) is 5.32 Å². The summed E-state index contributed by atoms with van der Waals surface area (Å²) in [5, 5.41) is 3.22. The number of carbonyl (C=O) groups is 3. The molecule has 0 saturated carbocycles. The third-order valence-electron chi connectivity index (χ3n) is 6.18. The molecular weight excluding hydrogens is 472 g/mol. The van der Waals surface area contributed by atoms with Crippen molar-refractivity contribution in [2.75, 3.05) is 12.4 Å². The fourth-order valence-electron chi connectivity index (χ4n) is 4.32. The van der Waals surface area contributed by atoms with Gasteiger partial charge in [0.2, 0.25) is 0 Å².